The van der Waals surface area contributed by atoms with Crippen LogP contribution < -0.4 is 10.5 Å². The molecule has 0 amide bonds. The number of amidine groups is 1. The molecule has 20 heavy (non-hydrogen) atoms. The summed E-state index contributed by atoms with van der Waals surface area (Å²) in [4.78, 5) is 0.221. The molecule has 0 aliphatic carbocycles. The minimum Gasteiger partial charge on any atom is -0.409 e. The zero-order valence-electron chi connectivity index (χ0n) is 11.9. The second-order valence-electron chi connectivity index (χ2n) is 4.77. The molecular formula is C13H21N3O3S. The number of hydrogen-bond donors (Lipinski definition) is 3. The fourth-order valence-electron chi connectivity index (χ4n) is 1.73. The number of aryl methyl sites for hydroxylation is 2. The van der Waals surface area contributed by atoms with Crippen molar-refractivity contribution in [2.24, 2.45) is 10.9 Å². The zero-order chi connectivity index (χ0) is 15.3. The lowest BCUT2D eigenvalue weighted by molar-refractivity contribution is 0.316. The first kappa shape index (κ1) is 16.5. The van der Waals surface area contributed by atoms with Crippen molar-refractivity contribution in [2.45, 2.75) is 44.6 Å². The lowest BCUT2D eigenvalue weighted by Crippen LogP contribution is -2.37. The smallest absolute Gasteiger partial charge is 0.240 e. The van der Waals surface area contributed by atoms with Crippen molar-refractivity contribution < 1.29 is 13.6 Å². The highest BCUT2D eigenvalue weighted by Gasteiger charge is 2.20. The first-order chi connectivity index (χ1) is 9.30. The molecule has 0 heterocycles. The van der Waals surface area contributed by atoms with Gasteiger partial charge in [0.1, 0.15) is 5.84 Å². The third kappa shape index (κ3) is 4.21. The van der Waals surface area contributed by atoms with Crippen LogP contribution in [-0.4, -0.2) is 25.5 Å². The number of benzene rings is 1. The molecule has 0 aromatic heterocycles. The van der Waals surface area contributed by atoms with Crippen LogP contribution in [0.2, 0.25) is 0 Å². The van der Waals surface area contributed by atoms with E-state index in [-0.39, 0.29) is 17.2 Å². The molecular weight excluding hydrogens is 278 g/mol. The zero-order valence-corrected chi connectivity index (χ0v) is 12.7. The van der Waals surface area contributed by atoms with E-state index in [4.69, 9.17) is 10.9 Å². The highest BCUT2D eigenvalue weighted by atomic mass is 32.2. The lowest BCUT2D eigenvalue weighted by atomic mass is 10.1. The molecule has 0 saturated heterocycles. The quantitative estimate of drug-likeness (QED) is 0.320. The van der Waals surface area contributed by atoms with Gasteiger partial charge < -0.3 is 10.9 Å². The summed E-state index contributed by atoms with van der Waals surface area (Å²) in [5.41, 5.74) is 7.37. The molecule has 1 aromatic rings. The maximum absolute atomic E-state index is 12.3. The molecule has 1 atom stereocenters. The predicted molar refractivity (Wildman–Crippen MR) is 78.3 cm³/mol. The molecule has 7 heteroatoms. The third-order valence-electron chi connectivity index (χ3n) is 3.19. The van der Waals surface area contributed by atoms with Crippen LogP contribution in [0.5, 0.6) is 0 Å². The van der Waals surface area contributed by atoms with Crippen molar-refractivity contribution in [3.63, 3.8) is 0 Å². The number of oxime groups is 1. The molecule has 0 aliphatic heterocycles. The number of hydrogen-bond acceptors (Lipinski definition) is 4. The number of nitrogens with one attached hydrogen (secondary N) is 1. The summed E-state index contributed by atoms with van der Waals surface area (Å²) < 4.78 is 27.1. The molecule has 0 radical (unpaired) electrons. The van der Waals surface area contributed by atoms with Crippen LogP contribution in [0.15, 0.2) is 28.3 Å². The fourth-order valence-corrected chi connectivity index (χ4v) is 3.14. The Balaban J connectivity index is 2.95. The molecule has 0 saturated carbocycles. The summed E-state index contributed by atoms with van der Waals surface area (Å²) in [5.74, 6) is -0.000336. The molecule has 0 fully saturated rings. The Kier molecular flexibility index (Phi) is 5.52. The maximum Gasteiger partial charge on any atom is 0.240 e. The predicted octanol–water partition coefficient (Wildman–Crippen LogP) is 1.50. The second-order valence-corrected chi connectivity index (χ2v) is 6.48. The van der Waals surface area contributed by atoms with E-state index in [1.807, 2.05) is 20.8 Å². The highest BCUT2D eigenvalue weighted by Crippen LogP contribution is 2.15. The molecule has 1 rings (SSSR count). The molecule has 112 valence electrons. The molecule has 0 spiro atoms. The Morgan fingerprint density at radius 1 is 1.40 bits per heavy atom. The molecule has 4 N–H and O–H groups in total. The van der Waals surface area contributed by atoms with Gasteiger partial charge in [0.2, 0.25) is 10.0 Å². The molecule has 6 nitrogen and oxygen atoms in total. The Labute approximate surface area is 119 Å². The van der Waals surface area contributed by atoms with Crippen LogP contribution in [0.4, 0.5) is 0 Å². The average molecular weight is 299 g/mol. The van der Waals surface area contributed by atoms with Gasteiger partial charge in [-0.1, -0.05) is 18.1 Å². The van der Waals surface area contributed by atoms with Gasteiger partial charge in [-0.15, -0.1) is 0 Å². The first-order valence-electron chi connectivity index (χ1n) is 6.36. The SMILES string of the molecule is CCC(CC(N)=NO)NS(=O)(=O)c1ccc(C)c(C)c1. The number of sulfonamides is 1. The van der Waals surface area contributed by atoms with Crippen LogP contribution in [0.1, 0.15) is 30.9 Å². The standard InChI is InChI=1S/C13H21N3O3S/c1-4-11(8-13(14)15-17)16-20(18,19)12-6-5-9(2)10(3)7-12/h5-7,11,16-17H,4,8H2,1-3H3,(H2,14,15). The first-order valence-corrected chi connectivity index (χ1v) is 7.84. The van der Waals surface area contributed by atoms with Gasteiger partial charge in [-0.2, -0.15) is 0 Å². The number of nitrogens with zero attached hydrogens (tertiary/aromatic N) is 1. The minimum atomic E-state index is -3.61. The van der Waals surface area contributed by atoms with E-state index in [1.54, 1.807) is 18.2 Å². The average Bonchev–Trinajstić information content (AvgIpc) is 2.40. The van der Waals surface area contributed by atoms with Crippen LogP contribution in [0, 0.1) is 13.8 Å². The van der Waals surface area contributed by atoms with E-state index in [0.29, 0.717) is 6.42 Å². The van der Waals surface area contributed by atoms with Crippen molar-refractivity contribution in [2.75, 3.05) is 0 Å². The van der Waals surface area contributed by atoms with E-state index in [9.17, 15) is 8.42 Å². The highest BCUT2D eigenvalue weighted by molar-refractivity contribution is 7.89. The Hall–Kier alpha value is -1.60. The maximum atomic E-state index is 12.3. The van der Waals surface area contributed by atoms with Gasteiger partial charge in [-0.3, -0.25) is 0 Å². The van der Waals surface area contributed by atoms with Gasteiger partial charge in [0.05, 0.1) is 4.90 Å². The van der Waals surface area contributed by atoms with Gasteiger partial charge >= 0.3 is 0 Å². The van der Waals surface area contributed by atoms with Gasteiger partial charge in [-0.25, -0.2) is 13.1 Å². The number of nitrogens with two attached hydrogens (primary N) is 1. The van der Waals surface area contributed by atoms with Crippen LogP contribution in [0.25, 0.3) is 0 Å². The van der Waals surface area contributed by atoms with Crippen LogP contribution in [0.3, 0.4) is 0 Å². The summed E-state index contributed by atoms with van der Waals surface area (Å²) in [6, 6.07) is 4.57. The van der Waals surface area contributed by atoms with Gasteiger partial charge in [0.15, 0.2) is 0 Å². The van der Waals surface area contributed by atoms with Crippen molar-refractivity contribution in [1.29, 1.82) is 0 Å². The summed E-state index contributed by atoms with van der Waals surface area (Å²) in [6.45, 7) is 5.62. The Bertz CT molecular complexity index is 597. The van der Waals surface area contributed by atoms with Gasteiger partial charge in [0, 0.05) is 12.5 Å². The third-order valence-corrected chi connectivity index (χ3v) is 4.71. The van der Waals surface area contributed by atoms with Crippen LogP contribution >= 0.6 is 0 Å². The molecule has 1 aromatic carbocycles. The van der Waals surface area contributed by atoms with Gasteiger partial charge in [-0.05, 0) is 43.5 Å². The molecule has 1 unspecified atom stereocenters. The Morgan fingerprint density at radius 3 is 2.55 bits per heavy atom. The van der Waals surface area contributed by atoms with Crippen molar-refractivity contribution in [3.05, 3.63) is 29.3 Å². The van der Waals surface area contributed by atoms with Crippen molar-refractivity contribution in [1.82, 2.24) is 4.72 Å². The van der Waals surface area contributed by atoms with E-state index in [1.165, 1.54) is 0 Å². The lowest BCUT2D eigenvalue weighted by Gasteiger charge is -2.16. The van der Waals surface area contributed by atoms with E-state index in [2.05, 4.69) is 9.88 Å². The summed E-state index contributed by atoms with van der Waals surface area (Å²) in [7, 11) is -3.61. The second kappa shape index (κ2) is 6.71. The van der Waals surface area contributed by atoms with Crippen LogP contribution in [-0.2, 0) is 10.0 Å². The molecule has 0 aliphatic rings. The van der Waals surface area contributed by atoms with E-state index < -0.39 is 16.1 Å². The van der Waals surface area contributed by atoms with Gasteiger partial charge in [0.25, 0.3) is 0 Å². The minimum absolute atomic E-state index is 0.000336. The Morgan fingerprint density at radius 2 is 2.05 bits per heavy atom. The van der Waals surface area contributed by atoms with E-state index in [0.717, 1.165) is 11.1 Å². The van der Waals surface area contributed by atoms with Crippen molar-refractivity contribution >= 4 is 15.9 Å². The monoisotopic (exact) mass is 299 g/mol. The van der Waals surface area contributed by atoms with E-state index >= 15 is 0 Å². The normalized spacial score (nSPS) is 14.2. The number of rotatable bonds is 6. The molecule has 0 bridgehead atoms. The summed E-state index contributed by atoms with van der Waals surface area (Å²) in [6.07, 6.45) is 0.706. The summed E-state index contributed by atoms with van der Waals surface area (Å²) in [5, 5.41) is 11.4. The largest absolute Gasteiger partial charge is 0.409 e. The summed E-state index contributed by atoms with van der Waals surface area (Å²) >= 11 is 0. The topological polar surface area (TPSA) is 105 Å². The fraction of sp³-hybridized carbons (Fsp3) is 0.462. The van der Waals surface area contributed by atoms with Crippen molar-refractivity contribution in [3.8, 4) is 0 Å².